The van der Waals surface area contributed by atoms with Gasteiger partial charge in [-0.3, -0.25) is 0 Å². The molecule has 1 saturated carbocycles. The smallest absolute Gasteiger partial charge is 0.166 e. The van der Waals surface area contributed by atoms with Crippen LogP contribution in [0.3, 0.4) is 0 Å². The Hall–Kier alpha value is -1.48. The van der Waals surface area contributed by atoms with E-state index < -0.39 is 0 Å². The zero-order valence-corrected chi connectivity index (χ0v) is 12.7. The minimum absolute atomic E-state index is 0.586. The highest BCUT2D eigenvalue weighted by Crippen LogP contribution is 2.32. The van der Waals surface area contributed by atoms with Crippen molar-refractivity contribution in [3.8, 4) is 11.5 Å². The molecular formula is C17H25NO2. The molecule has 0 heterocycles. The summed E-state index contributed by atoms with van der Waals surface area (Å²) in [6.45, 7) is 8.23. The molecular weight excluding hydrogens is 250 g/mol. The number of ether oxygens (including phenoxy) is 2. The Morgan fingerprint density at radius 3 is 2.75 bits per heavy atom. The number of rotatable bonds is 8. The molecule has 0 atom stereocenters. The summed E-state index contributed by atoms with van der Waals surface area (Å²) in [6, 6.07) is 6.80. The van der Waals surface area contributed by atoms with Crippen molar-refractivity contribution in [1.82, 2.24) is 5.32 Å². The summed E-state index contributed by atoms with van der Waals surface area (Å²) in [4.78, 5) is 0. The molecule has 1 aromatic rings. The lowest BCUT2D eigenvalue weighted by molar-refractivity contribution is 0.293. The summed E-state index contributed by atoms with van der Waals surface area (Å²) >= 11 is 0. The van der Waals surface area contributed by atoms with Gasteiger partial charge in [0.2, 0.25) is 0 Å². The van der Waals surface area contributed by atoms with Crippen LogP contribution in [0.15, 0.2) is 29.8 Å². The first-order chi connectivity index (χ1) is 9.70. The van der Waals surface area contributed by atoms with Crippen molar-refractivity contribution in [1.29, 1.82) is 0 Å². The van der Waals surface area contributed by atoms with E-state index in [-0.39, 0.29) is 0 Å². The minimum Gasteiger partial charge on any atom is -0.490 e. The monoisotopic (exact) mass is 275 g/mol. The fraction of sp³-hybridized carbons (Fsp3) is 0.529. The van der Waals surface area contributed by atoms with E-state index in [4.69, 9.17) is 9.47 Å². The maximum absolute atomic E-state index is 5.94. The maximum atomic E-state index is 5.94. The van der Waals surface area contributed by atoms with E-state index in [2.05, 4.69) is 31.3 Å². The van der Waals surface area contributed by atoms with Crippen LogP contribution in [0.1, 0.15) is 39.2 Å². The molecule has 20 heavy (non-hydrogen) atoms. The fourth-order valence-corrected chi connectivity index (χ4v) is 1.97. The standard InChI is InChI=1S/C17H25NO2/c1-4-19-16-7-5-6-14(12-18-15-8-9-15)17(16)20-11-10-13(2)3/h5-7,10,15,18H,4,8-9,11-12H2,1-3H3. The Labute approximate surface area is 122 Å². The van der Waals surface area contributed by atoms with Crippen molar-refractivity contribution in [2.75, 3.05) is 13.2 Å². The highest BCUT2D eigenvalue weighted by molar-refractivity contribution is 5.46. The van der Waals surface area contributed by atoms with Crippen molar-refractivity contribution in [2.24, 2.45) is 0 Å². The van der Waals surface area contributed by atoms with Gasteiger partial charge in [-0.25, -0.2) is 0 Å². The third-order valence-corrected chi connectivity index (χ3v) is 3.24. The van der Waals surface area contributed by atoms with Crippen molar-refractivity contribution >= 4 is 0 Å². The minimum atomic E-state index is 0.586. The Kier molecular flexibility index (Phi) is 5.48. The maximum Gasteiger partial charge on any atom is 0.166 e. The van der Waals surface area contributed by atoms with Crippen LogP contribution in [0, 0.1) is 0 Å². The second-order valence-electron chi connectivity index (χ2n) is 5.43. The first-order valence-electron chi connectivity index (χ1n) is 7.45. The Morgan fingerprint density at radius 1 is 1.30 bits per heavy atom. The SMILES string of the molecule is CCOc1cccc(CNC2CC2)c1OCC=C(C)C. The third kappa shape index (κ3) is 4.57. The average Bonchev–Trinajstić information content (AvgIpc) is 3.22. The zero-order valence-electron chi connectivity index (χ0n) is 12.7. The first-order valence-corrected chi connectivity index (χ1v) is 7.45. The molecule has 0 spiro atoms. The molecule has 110 valence electrons. The predicted octanol–water partition coefficient (Wildman–Crippen LogP) is 3.68. The summed E-state index contributed by atoms with van der Waals surface area (Å²) < 4.78 is 11.6. The molecule has 3 nitrogen and oxygen atoms in total. The van der Waals surface area contributed by atoms with Gasteiger partial charge in [-0.05, 0) is 45.8 Å². The number of hydrogen-bond acceptors (Lipinski definition) is 3. The largest absolute Gasteiger partial charge is 0.490 e. The van der Waals surface area contributed by atoms with Crippen molar-refractivity contribution < 1.29 is 9.47 Å². The van der Waals surface area contributed by atoms with Crippen molar-refractivity contribution in [3.05, 3.63) is 35.4 Å². The molecule has 0 radical (unpaired) electrons. The van der Waals surface area contributed by atoms with Gasteiger partial charge in [0.15, 0.2) is 11.5 Å². The molecule has 0 aliphatic heterocycles. The molecule has 0 saturated heterocycles. The van der Waals surface area contributed by atoms with Gasteiger partial charge in [0.1, 0.15) is 6.61 Å². The normalized spacial score (nSPS) is 13.9. The van der Waals surface area contributed by atoms with E-state index in [0.29, 0.717) is 19.3 Å². The van der Waals surface area contributed by atoms with Gasteiger partial charge in [0, 0.05) is 18.2 Å². The molecule has 1 aliphatic rings. The van der Waals surface area contributed by atoms with E-state index >= 15 is 0 Å². The van der Waals surface area contributed by atoms with Gasteiger partial charge in [-0.2, -0.15) is 0 Å². The van der Waals surface area contributed by atoms with Crippen molar-refractivity contribution in [2.45, 2.75) is 46.2 Å². The lowest BCUT2D eigenvalue weighted by Crippen LogP contribution is -2.16. The number of nitrogens with one attached hydrogen (secondary N) is 1. The quantitative estimate of drug-likeness (QED) is 0.734. The van der Waals surface area contributed by atoms with Crippen LogP contribution in [-0.4, -0.2) is 19.3 Å². The second-order valence-corrected chi connectivity index (χ2v) is 5.43. The summed E-state index contributed by atoms with van der Waals surface area (Å²) in [6.07, 6.45) is 4.67. The molecule has 0 unspecified atom stereocenters. The van der Waals surface area contributed by atoms with E-state index in [0.717, 1.165) is 18.0 Å². The third-order valence-electron chi connectivity index (χ3n) is 3.24. The van der Waals surface area contributed by atoms with Gasteiger partial charge in [-0.1, -0.05) is 17.7 Å². The molecule has 0 amide bonds. The van der Waals surface area contributed by atoms with Crippen LogP contribution in [0.4, 0.5) is 0 Å². The van der Waals surface area contributed by atoms with Gasteiger partial charge in [-0.15, -0.1) is 0 Å². The average molecular weight is 275 g/mol. The van der Waals surface area contributed by atoms with E-state index in [1.807, 2.05) is 19.1 Å². The molecule has 1 aromatic carbocycles. The number of benzene rings is 1. The Balaban J connectivity index is 2.10. The van der Waals surface area contributed by atoms with Crippen molar-refractivity contribution in [3.63, 3.8) is 0 Å². The van der Waals surface area contributed by atoms with Crippen LogP contribution in [0.5, 0.6) is 11.5 Å². The summed E-state index contributed by atoms with van der Waals surface area (Å²) in [5, 5.41) is 3.53. The fourth-order valence-electron chi connectivity index (χ4n) is 1.97. The lowest BCUT2D eigenvalue weighted by Gasteiger charge is -2.15. The number of allylic oxidation sites excluding steroid dienone is 1. The number of para-hydroxylation sites is 1. The molecule has 1 N–H and O–H groups in total. The summed E-state index contributed by atoms with van der Waals surface area (Å²) in [5.41, 5.74) is 2.43. The zero-order chi connectivity index (χ0) is 14.4. The van der Waals surface area contributed by atoms with Gasteiger partial charge < -0.3 is 14.8 Å². The summed E-state index contributed by atoms with van der Waals surface area (Å²) in [7, 11) is 0. The van der Waals surface area contributed by atoms with Gasteiger partial charge in [0.05, 0.1) is 6.61 Å². The van der Waals surface area contributed by atoms with Crippen LogP contribution < -0.4 is 14.8 Å². The summed E-state index contributed by atoms with van der Waals surface area (Å²) in [5.74, 6) is 1.71. The number of hydrogen-bond donors (Lipinski definition) is 1. The van der Waals surface area contributed by atoms with Crippen LogP contribution in [0.2, 0.25) is 0 Å². The molecule has 3 heteroatoms. The van der Waals surface area contributed by atoms with Gasteiger partial charge >= 0.3 is 0 Å². The second kappa shape index (κ2) is 7.34. The molecule has 0 bridgehead atoms. The Bertz CT molecular complexity index is 460. The van der Waals surface area contributed by atoms with E-state index in [1.54, 1.807) is 0 Å². The van der Waals surface area contributed by atoms with Crippen LogP contribution >= 0.6 is 0 Å². The Morgan fingerprint density at radius 2 is 2.10 bits per heavy atom. The molecule has 2 rings (SSSR count). The lowest BCUT2D eigenvalue weighted by atomic mass is 10.2. The molecule has 1 fully saturated rings. The van der Waals surface area contributed by atoms with E-state index in [1.165, 1.54) is 24.0 Å². The van der Waals surface area contributed by atoms with Crippen LogP contribution in [0.25, 0.3) is 0 Å². The van der Waals surface area contributed by atoms with E-state index in [9.17, 15) is 0 Å². The predicted molar refractivity (Wildman–Crippen MR) is 82.4 cm³/mol. The highest BCUT2D eigenvalue weighted by Gasteiger charge is 2.21. The topological polar surface area (TPSA) is 30.5 Å². The first kappa shape index (κ1) is 14.9. The van der Waals surface area contributed by atoms with Gasteiger partial charge in [0.25, 0.3) is 0 Å². The van der Waals surface area contributed by atoms with Crippen LogP contribution in [-0.2, 0) is 6.54 Å². The highest BCUT2D eigenvalue weighted by atomic mass is 16.5. The molecule has 0 aromatic heterocycles. The molecule has 1 aliphatic carbocycles.